The summed E-state index contributed by atoms with van der Waals surface area (Å²) in [6, 6.07) is 11.4. The number of nitrogens with zero attached hydrogens (tertiary/aromatic N) is 6. The monoisotopic (exact) mass is 1020 g/mol. The minimum atomic E-state index is -0.642. The number of likely N-dealkylation sites (N-methyl/N-ethyl adjacent to an activating group) is 1. The number of hydrogen-bond acceptors (Lipinski definition) is 16. The van der Waals surface area contributed by atoms with E-state index in [2.05, 4.69) is 42.7 Å². The van der Waals surface area contributed by atoms with E-state index in [9.17, 15) is 19.2 Å². The number of aromatic nitrogens is 3. The van der Waals surface area contributed by atoms with Gasteiger partial charge >= 0.3 is 0 Å². The number of halogens is 2. The number of nitrogens with one attached hydrogen (secondary N) is 4. The second kappa shape index (κ2) is 26.6. The lowest BCUT2D eigenvalue weighted by molar-refractivity contribution is -0.138. The highest BCUT2D eigenvalue weighted by atomic mass is 35.5. The summed E-state index contributed by atoms with van der Waals surface area (Å²) in [7, 11) is 4.91. The van der Waals surface area contributed by atoms with Crippen molar-refractivity contribution in [2.45, 2.75) is 57.0 Å². The van der Waals surface area contributed by atoms with Crippen molar-refractivity contribution in [3.63, 3.8) is 0 Å². The first kappa shape index (κ1) is 53.8. The standard InChI is InChI=1S/C49H63ClN10O8S.ClH/c1-32(51-2)45(62)56-42(33-10-6-5-7-11-33)48(64)60-17-9-14-40(60)46-54-39(31-69-46)43(61)34-12-8-13-36(28-34)68-27-26-67-25-24-66-23-22-58-18-20-59(21-19-58)47(63)35-15-16-38(41(29-35)65-4)55-49-53-30-37(50)44(52-3)57-49;/h8,12-13,15-16,28-31,33,40,42,51H,1,5-7,9-11,14,17-27H2,2-4H3,(H,56,62)(H2,52,53,55,57);1H/t40-,42-;/m0./s1. The summed E-state index contributed by atoms with van der Waals surface area (Å²) in [5.74, 6) is 1.15. The molecule has 4 heterocycles. The smallest absolute Gasteiger partial charge is 0.267 e. The summed E-state index contributed by atoms with van der Waals surface area (Å²) in [6.45, 7) is 9.78. The van der Waals surface area contributed by atoms with Crippen molar-refractivity contribution in [1.29, 1.82) is 0 Å². The Morgan fingerprint density at radius 2 is 1.64 bits per heavy atom. The fraction of sp³-hybridized carbons (Fsp3) is 0.490. The highest BCUT2D eigenvalue weighted by Gasteiger charge is 2.40. The van der Waals surface area contributed by atoms with Crippen molar-refractivity contribution >= 4 is 76.3 Å². The zero-order valence-electron chi connectivity index (χ0n) is 40.0. The van der Waals surface area contributed by atoms with Crippen LogP contribution in [0.2, 0.25) is 5.02 Å². The molecule has 1 aliphatic carbocycles. The number of methoxy groups -OCH3 is 1. The number of ether oxygens (including phenoxy) is 4. The number of piperazine rings is 1. The lowest BCUT2D eigenvalue weighted by atomic mass is 9.83. The van der Waals surface area contributed by atoms with Gasteiger partial charge in [-0.15, -0.1) is 23.7 Å². The topological polar surface area (TPSA) is 202 Å². The number of hydrogen-bond donors (Lipinski definition) is 4. The summed E-state index contributed by atoms with van der Waals surface area (Å²) in [5, 5.41) is 14.7. The lowest BCUT2D eigenvalue weighted by Crippen LogP contribution is -2.53. The van der Waals surface area contributed by atoms with Gasteiger partial charge < -0.3 is 50.0 Å². The Morgan fingerprint density at radius 3 is 2.39 bits per heavy atom. The first-order valence-electron chi connectivity index (χ1n) is 23.6. The fourth-order valence-electron chi connectivity index (χ4n) is 8.82. The van der Waals surface area contributed by atoms with Crippen LogP contribution in [0, 0.1) is 5.92 Å². The Labute approximate surface area is 424 Å². The molecule has 3 aliphatic rings. The van der Waals surface area contributed by atoms with Crippen LogP contribution in [0.1, 0.15) is 82.4 Å². The SMILES string of the molecule is C=C(NC)C(=O)N[C@H](C(=O)N1CCC[C@H]1c1nc(C(=O)c2cccc(OCCOCCOCCN3CCN(C(=O)c4ccc(Nc5ncc(Cl)c(NC)n5)c(OC)c4)CC3)c2)cs1)C1CCCCC1.Cl. The molecule has 18 nitrogen and oxygen atoms in total. The van der Waals surface area contributed by atoms with E-state index in [0.29, 0.717) is 108 Å². The van der Waals surface area contributed by atoms with Gasteiger partial charge in [0.1, 0.15) is 45.7 Å². The van der Waals surface area contributed by atoms with Crippen LogP contribution in [-0.4, -0.2) is 153 Å². The number of carbonyl (C=O) groups is 4. The molecule has 378 valence electrons. The Hall–Kier alpha value is -5.57. The molecule has 4 N–H and O–H groups in total. The third kappa shape index (κ3) is 14.1. The molecule has 4 aromatic rings. The third-order valence-electron chi connectivity index (χ3n) is 12.7. The van der Waals surface area contributed by atoms with Crippen molar-refractivity contribution in [1.82, 2.24) is 40.3 Å². The van der Waals surface area contributed by atoms with Gasteiger partial charge in [-0.3, -0.25) is 24.1 Å². The number of carbonyl (C=O) groups excluding carboxylic acids is 4. The quantitative estimate of drug-likeness (QED) is 0.0363. The van der Waals surface area contributed by atoms with Crippen LogP contribution in [-0.2, 0) is 19.1 Å². The van der Waals surface area contributed by atoms with E-state index >= 15 is 0 Å². The number of rotatable bonds is 23. The number of amides is 3. The van der Waals surface area contributed by atoms with E-state index in [1.807, 2.05) is 9.80 Å². The molecule has 0 radical (unpaired) electrons. The van der Waals surface area contributed by atoms with Gasteiger partial charge in [-0.25, -0.2) is 9.97 Å². The van der Waals surface area contributed by atoms with Crippen LogP contribution in [0.25, 0.3) is 0 Å². The van der Waals surface area contributed by atoms with Gasteiger partial charge in [-0.1, -0.05) is 49.6 Å². The molecule has 0 bridgehead atoms. The second-order valence-electron chi connectivity index (χ2n) is 17.1. The molecule has 21 heteroatoms. The van der Waals surface area contributed by atoms with Crippen molar-refractivity contribution in [3.8, 4) is 11.5 Å². The average Bonchev–Trinajstić information content (AvgIpc) is 4.09. The van der Waals surface area contributed by atoms with E-state index in [0.717, 1.165) is 64.6 Å². The highest BCUT2D eigenvalue weighted by molar-refractivity contribution is 7.10. The van der Waals surface area contributed by atoms with Gasteiger partial charge in [0.05, 0.1) is 57.2 Å². The van der Waals surface area contributed by atoms with Gasteiger partial charge in [0.15, 0.2) is 0 Å². The molecule has 3 fully saturated rings. The molecule has 2 aliphatic heterocycles. The Kier molecular flexibility index (Phi) is 20.4. The molecular formula is C49H64Cl2N10O8S. The van der Waals surface area contributed by atoms with E-state index in [4.69, 9.17) is 35.5 Å². The van der Waals surface area contributed by atoms with E-state index < -0.39 is 6.04 Å². The minimum absolute atomic E-state index is 0. The molecule has 1 saturated carbocycles. The predicted molar refractivity (Wildman–Crippen MR) is 272 cm³/mol. The van der Waals surface area contributed by atoms with Gasteiger partial charge in [-0.2, -0.15) is 4.98 Å². The molecule has 0 unspecified atom stereocenters. The Bertz CT molecular complexity index is 2410. The van der Waals surface area contributed by atoms with Crippen LogP contribution in [0.4, 0.5) is 17.5 Å². The fourth-order valence-corrected chi connectivity index (χ4v) is 9.95. The van der Waals surface area contributed by atoms with E-state index in [1.165, 1.54) is 17.5 Å². The van der Waals surface area contributed by atoms with Crippen LogP contribution >= 0.6 is 35.3 Å². The highest BCUT2D eigenvalue weighted by Crippen LogP contribution is 2.37. The summed E-state index contributed by atoms with van der Waals surface area (Å²) in [4.78, 5) is 73.4. The maximum atomic E-state index is 14.2. The molecule has 7 rings (SSSR count). The van der Waals surface area contributed by atoms with Gasteiger partial charge in [-0.05, 0) is 61.9 Å². The summed E-state index contributed by atoms with van der Waals surface area (Å²) < 4.78 is 23.1. The molecule has 2 atom stereocenters. The summed E-state index contributed by atoms with van der Waals surface area (Å²) in [6.07, 6.45) is 8.00. The summed E-state index contributed by atoms with van der Waals surface area (Å²) in [5.41, 5.74) is 2.13. The van der Waals surface area contributed by atoms with Gasteiger partial charge in [0.25, 0.3) is 11.8 Å². The Balaban J connectivity index is 0.00000804. The zero-order chi connectivity index (χ0) is 48.7. The second-order valence-corrected chi connectivity index (χ2v) is 18.4. The predicted octanol–water partition coefficient (Wildman–Crippen LogP) is 6.36. The minimum Gasteiger partial charge on any atom is -0.495 e. The van der Waals surface area contributed by atoms with Crippen LogP contribution < -0.4 is 30.7 Å². The first-order chi connectivity index (χ1) is 33.6. The maximum Gasteiger partial charge on any atom is 0.267 e. The average molecular weight is 1020 g/mol. The molecule has 2 aromatic carbocycles. The zero-order valence-corrected chi connectivity index (χ0v) is 42.4. The summed E-state index contributed by atoms with van der Waals surface area (Å²) >= 11 is 7.49. The number of ketones is 1. The molecule has 2 aromatic heterocycles. The number of benzene rings is 2. The van der Waals surface area contributed by atoms with Gasteiger partial charge in [0.2, 0.25) is 17.6 Å². The third-order valence-corrected chi connectivity index (χ3v) is 13.9. The van der Waals surface area contributed by atoms with Crippen molar-refractivity contribution in [3.05, 3.63) is 93.2 Å². The van der Waals surface area contributed by atoms with Crippen LogP contribution in [0.5, 0.6) is 11.5 Å². The maximum absolute atomic E-state index is 14.2. The van der Waals surface area contributed by atoms with Gasteiger partial charge in [0, 0.05) is 69.9 Å². The number of likely N-dealkylation sites (tertiary alicyclic amines) is 1. The molecule has 70 heavy (non-hydrogen) atoms. The van der Waals surface area contributed by atoms with E-state index in [1.54, 1.807) is 69.0 Å². The van der Waals surface area contributed by atoms with Crippen molar-refractivity contribution in [2.75, 3.05) is 104 Å². The van der Waals surface area contributed by atoms with Crippen LogP contribution in [0.3, 0.4) is 0 Å². The van der Waals surface area contributed by atoms with Crippen molar-refractivity contribution in [2.24, 2.45) is 5.92 Å². The molecule has 3 amide bonds. The lowest BCUT2D eigenvalue weighted by Gasteiger charge is -2.34. The molecule has 0 spiro atoms. The van der Waals surface area contributed by atoms with E-state index in [-0.39, 0.29) is 53.6 Å². The first-order valence-corrected chi connectivity index (χ1v) is 24.9. The van der Waals surface area contributed by atoms with Crippen molar-refractivity contribution < 1.29 is 38.1 Å². The number of thiazole rings is 1. The molecule has 2 saturated heterocycles. The Morgan fingerprint density at radius 1 is 0.886 bits per heavy atom. The van der Waals surface area contributed by atoms with Crippen LogP contribution in [0.15, 0.2) is 66.3 Å². The number of anilines is 3. The normalized spacial score (nSPS) is 16.7. The molecular weight excluding hydrogens is 960 g/mol. The largest absolute Gasteiger partial charge is 0.495 e.